The largest absolute Gasteiger partial charge is 0.302 e. The number of halogens is 2. The molecule has 1 aliphatic rings. The van der Waals surface area contributed by atoms with Crippen molar-refractivity contribution >= 4 is 29.6 Å². The fourth-order valence-electron chi connectivity index (χ4n) is 1.36. The first kappa shape index (κ1) is 9.03. The minimum Gasteiger partial charge on any atom is -0.302 e. The summed E-state index contributed by atoms with van der Waals surface area (Å²) in [7, 11) is 0. The molecule has 1 nitrogen and oxygen atoms in total. The summed E-state index contributed by atoms with van der Waals surface area (Å²) in [5, 5.41) is -0.882. The predicted octanol–water partition coefficient (Wildman–Crippen LogP) is 2.78. The summed E-state index contributed by atoms with van der Waals surface area (Å²) < 4.78 is 13.2. The van der Waals surface area contributed by atoms with E-state index < -0.39 is 5.38 Å². The first-order chi connectivity index (χ1) is 6.24. The first-order valence-corrected chi connectivity index (χ1v) is 5.10. The fraction of sp³-hybridized carbons (Fsp3) is 0.222. The quantitative estimate of drug-likeness (QED) is 0.531. The number of aldehydes is 1. The summed E-state index contributed by atoms with van der Waals surface area (Å²) in [5.41, 5.74) is 0.464. The Kier molecular flexibility index (Phi) is 2.30. The highest BCUT2D eigenvalue weighted by Gasteiger charge is 2.33. The number of thioether (sulfide) groups is 1. The number of hydrogen-bond acceptors (Lipinski definition) is 2. The molecule has 0 radical (unpaired) electrons. The number of benzene rings is 1. The summed E-state index contributed by atoms with van der Waals surface area (Å²) in [5.74, 6) is -0.325. The van der Waals surface area contributed by atoms with Crippen molar-refractivity contribution in [2.45, 2.75) is 15.5 Å². The van der Waals surface area contributed by atoms with Gasteiger partial charge in [0.25, 0.3) is 0 Å². The minimum atomic E-state index is -0.529. The zero-order chi connectivity index (χ0) is 9.42. The Bertz CT molecular complexity index is 355. The Balaban J connectivity index is 2.50. The molecule has 0 aliphatic carbocycles. The zero-order valence-electron chi connectivity index (χ0n) is 6.54. The lowest BCUT2D eigenvalue weighted by Crippen LogP contribution is -2.06. The van der Waals surface area contributed by atoms with Crippen molar-refractivity contribution in [3.63, 3.8) is 0 Å². The lowest BCUT2D eigenvalue weighted by molar-refractivity contribution is -0.107. The molecule has 1 heterocycles. The molecule has 0 amide bonds. The van der Waals surface area contributed by atoms with E-state index >= 15 is 0 Å². The Hall–Kier alpha value is -0.540. The molecule has 13 heavy (non-hydrogen) atoms. The number of carbonyl (C=O) groups is 1. The predicted molar refractivity (Wildman–Crippen MR) is 50.7 cm³/mol. The molecule has 2 atom stereocenters. The topological polar surface area (TPSA) is 17.1 Å². The van der Waals surface area contributed by atoms with Gasteiger partial charge in [-0.25, -0.2) is 4.39 Å². The van der Waals surface area contributed by atoms with Crippen molar-refractivity contribution in [3.05, 3.63) is 29.6 Å². The van der Waals surface area contributed by atoms with Gasteiger partial charge in [0.1, 0.15) is 12.1 Å². The summed E-state index contributed by atoms with van der Waals surface area (Å²) in [6.45, 7) is 0. The van der Waals surface area contributed by atoms with Crippen LogP contribution < -0.4 is 0 Å². The van der Waals surface area contributed by atoms with Crippen LogP contribution in [-0.4, -0.2) is 11.5 Å². The maximum Gasteiger partial charge on any atom is 0.135 e. The molecule has 0 fully saturated rings. The second-order valence-electron chi connectivity index (χ2n) is 2.77. The van der Waals surface area contributed by atoms with Gasteiger partial charge in [0.2, 0.25) is 0 Å². The molecule has 0 spiro atoms. The number of carbonyl (C=O) groups excluding carboxylic acids is 1. The summed E-state index contributed by atoms with van der Waals surface area (Å²) in [4.78, 5) is 11.3. The molecule has 0 N–H and O–H groups in total. The van der Waals surface area contributed by atoms with Gasteiger partial charge in [0.15, 0.2) is 0 Å². The lowest BCUT2D eigenvalue weighted by Gasteiger charge is -2.04. The van der Waals surface area contributed by atoms with E-state index in [2.05, 4.69) is 0 Å². The van der Waals surface area contributed by atoms with Crippen LogP contribution in [0.25, 0.3) is 0 Å². The molecular weight excluding hydrogens is 211 g/mol. The molecule has 1 aromatic carbocycles. The molecule has 68 valence electrons. The van der Waals surface area contributed by atoms with E-state index in [-0.39, 0.29) is 11.1 Å². The minimum absolute atomic E-state index is 0.325. The number of hydrogen-bond donors (Lipinski definition) is 0. The van der Waals surface area contributed by atoms with Crippen molar-refractivity contribution < 1.29 is 9.18 Å². The van der Waals surface area contributed by atoms with Crippen LogP contribution in [0, 0.1) is 5.82 Å². The number of alkyl halides is 1. The lowest BCUT2D eigenvalue weighted by atomic mass is 10.1. The van der Waals surface area contributed by atoms with E-state index in [1.165, 1.54) is 17.8 Å². The molecule has 0 saturated carbocycles. The van der Waals surface area contributed by atoms with Crippen molar-refractivity contribution in [2.75, 3.05) is 0 Å². The van der Waals surface area contributed by atoms with Gasteiger partial charge in [-0.1, -0.05) is 6.07 Å². The van der Waals surface area contributed by atoms with Gasteiger partial charge in [0.05, 0.1) is 10.6 Å². The monoisotopic (exact) mass is 216 g/mol. The molecule has 0 aromatic heterocycles. The number of fused-ring (bicyclic) bond motifs is 1. The second kappa shape index (κ2) is 3.31. The van der Waals surface area contributed by atoms with Gasteiger partial charge in [-0.2, -0.15) is 0 Å². The smallest absolute Gasteiger partial charge is 0.135 e. The Morgan fingerprint density at radius 1 is 1.54 bits per heavy atom. The zero-order valence-corrected chi connectivity index (χ0v) is 8.11. The summed E-state index contributed by atoms with van der Waals surface area (Å²) >= 11 is 7.24. The van der Waals surface area contributed by atoms with E-state index in [0.717, 1.165) is 11.2 Å². The SMILES string of the molecule is O=CC1Sc2cccc(F)c2C1Cl. The van der Waals surface area contributed by atoms with E-state index in [1.807, 2.05) is 0 Å². The van der Waals surface area contributed by atoms with E-state index in [1.54, 1.807) is 12.1 Å². The van der Waals surface area contributed by atoms with Crippen LogP contribution in [0.5, 0.6) is 0 Å². The van der Waals surface area contributed by atoms with Crippen molar-refractivity contribution in [3.8, 4) is 0 Å². The van der Waals surface area contributed by atoms with Gasteiger partial charge in [0, 0.05) is 10.5 Å². The third-order valence-electron chi connectivity index (χ3n) is 1.97. The summed E-state index contributed by atoms with van der Waals surface area (Å²) in [6, 6.07) is 4.77. The van der Waals surface area contributed by atoms with Crippen molar-refractivity contribution in [1.82, 2.24) is 0 Å². The molecule has 1 aromatic rings. The van der Waals surface area contributed by atoms with Gasteiger partial charge in [-0.3, -0.25) is 0 Å². The second-order valence-corrected chi connectivity index (χ2v) is 4.46. The highest BCUT2D eigenvalue weighted by Crippen LogP contribution is 2.47. The molecule has 0 bridgehead atoms. The number of rotatable bonds is 1. The van der Waals surface area contributed by atoms with E-state index in [9.17, 15) is 9.18 Å². The van der Waals surface area contributed by atoms with Crippen molar-refractivity contribution in [1.29, 1.82) is 0 Å². The van der Waals surface area contributed by atoms with Crippen LogP contribution in [0.3, 0.4) is 0 Å². The fourth-order valence-corrected chi connectivity index (χ4v) is 2.97. The van der Waals surface area contributed by atoms with E-state index in [4.69, 9.17) is 11.6 Å². The third kappa shape index (κ3) is 1.36. The third-order valence-corrected chi connectivity index (χ3v) is 3.88. The highest BCUT2D eigenvalue weighted by molar-refractivity contribution is 8.01. The highest BCUT2D eigenvalue weighted by atomic mass is 35.5. The normalized spacial score (nSPS) is 25.7. The molecule has 2 rings (SSSR count). The van der Waals surface area contributed by atoms with Gasteiger partial charge >= 0.3 is 0 Å². The van der Waals surface area contributed by atoms with Gasteiger partial charge in [-0.05, 0) is 12.1 Å². The maximum atomic E-state index is 13.2. The van der Waals surface area contributed by atoms with Crippen LogP contribution in [0.2, 0.25) is 0 Å². The Morgan fingerprint density at radius 2 is 2.31 bits per heavy atom. The Labute approximate surface area is 84.3 Å². The molecular formula is C9H6ClFOS. The van der Waals surface area contributed by atoms with Crippen LogP contribution >= 0.6 is 23.4 Å². The maximum absolute atomic E-state index is 13.2. The molecule has 0 saturated heterocycles. The summed E-state index contributed by atoms with van der Waals surface area (Å²) in [6.07, 6.45) is 0.766. The van der Waals surface area contributed by atoms with E-state index in [0.29, 0.717) is 5.56 Å². The van der Waals surface area contributed by atoms with Gasteiger partial charge < -0.3 is 4.79 Å². The van der Waals surface area contributed by atoms with Crippen LogP contribution in [0.4, 0.5) is 4.39 Å². The Morgan fingerprint density at radius 3 is 2.92 bits per heavy atom. The standard InChI is InChI=1S/C9H6ClFOS/c10-9-7(4-12)13-6-3-1-2-5(11)8(6)9/h1-4,7,9H. The first-order valence-electron chi connectivity index (χ1n) is 3.78. The average Bonchev–Trinajstić information content (AvgIpc) is 2.44. The molecule has 1 aliphatic heterocycles. The molecule has 4 heteroatoms. The van der Waals surface area contributed by atoms with Crippen molar-refractivity contribution in [2.24, 2.45) is 0 Å². The van der Waals surface area contributed by atoms with Gasteiger partial charge in [-0.15, -0.1) is 23.4 Å². The van der Waals surface area contributed by atoms with Crippen LogP contribution in [0.15, 0.2) is 23.1 Å². The average molecular weight is 217 g/mol. The molecule has 2 unspecified atom stereocenters. The van der Waals surface area contributed by atoms with Crippen LogP contribution in [-0.2, 0) is 4.79 Å². The van der Waals surface area contributed by atoms with Crippen LogP contribution in [0.1, 0.15) is 10.9 Å².